The lowest BCUT2D eigenvalue weighted by Crippen LogP contribution is -2.50. The van der Waals surface area contributed by atoms with Crippen molar-refractivity contribution in [3.8, 4) is 0 Å². The molecule has 2 aliphatic rings. The molecule has 2 heterocycles. The number of hydrogen-bond donors (Lipinski definition) is 1. The Morgan fingerprint density at radius 2 is 1.96 bits per heavy atom. The number of piperidine rings is 1. The first-order chi connectivity index (χ1) is 11.9. The zero-order chi connectivity index (χ0) is 18.4. The number of alkyl halides is 2. The molecule has 154 valence electrons. The van der Waals surface area contributed by atoms with Crippen LogP contribution in [0.4, 0.5) is 8.78 Å². The number of nitrogens with zero attached hydrogens (tertiary/aromatic N) is 3. The molecule has 1 unspecified atom stereocenters. The van der Waals surface area contributed by atoms with Crippen LogP contribution in [0.1, 0.15) is 26.2 Å². The zero-order valence-corrected chi connectivity index (χ0v) is 19.2. The van der Waals surface area contributed by atoms with Crippen LogP contribution in [-0.2, 0) is 10.0 Å². The van der Waals surface area contributed by atoms with Gasteiger partial charge in [0.1, 0.15) is 0 Å². The van der Waals surface area contributed by atoms with Gasteiger partial charge in [0, 0.05) is 50.8 Å². The number of rotatable bonds is 5. The third-order valence-electron chi connectivity index (χ3n) is 4.81. The van der Waals surface area contributed by atoms with E-state index in [2.05, 4.69) is 22.1 Å². The minimum Gasteiger partial charge on any atom is -0.356 e. The van der Waals surface area contributed by atoms with E-state index >= 15 is 0 Å². The lowest BCUT2D eigenvalue weighted by molar-refractivity contribution is 0.203. The largest absolute Gasteiger partial charge is 0.356 e. The van der Waals surface area contributed by atoms with Crippen LogP contribution in [0, 0.1) is 5.92 Å². The number of halogens is 3. The predicted molar refractivity (Wildman–Crippen MR) is 114 cm³/mol. The van der Waals surface area contributed by atoms with Gasteiger partial charge in [0.05, 0.1) is 0 Å². The topological polar surface area (TPSA) is 65.0 Å². The van der Waals surface area contributed by atoms with Crippen molar-refractivity contribution < 1.29 is 17.2 Å². The molecule has 2 saturated heterocycles. The second-order valence-electron chi connectivity index (χ2n) is 6.42. The van der Waals surface area contributed by atoms with Crippen LogP contribution >= 0.6 is 35.7 Å². The number of nitrogens with one attached hydrogen (secondary N) is 1. The monoisotopic (exact) mass is 526 g/mol. The standard InChI is InChI=1S/C15H28F2N4O2S2.HI/c1-3-13-11-20(8-9-24-13)15(18-2)19-10-12-4-6-21(7-5-12)25(22,23)14(16)17;/h12-14H,3-11H2,1-2H3,(H,18,19);1H. The van der Waals surface area contributed by atoms with E-state index in [9.17, 15) is 17.2 Å². The third-order valence-corrected chi connectivity index (χ3v) is 7.72. The van der Waals surface area contributed by atoms with Gasteiger partial charge in [-0.15, -0.1) is 24.0 Å². The molecule has 1 atom stereocenters. The molecule has 0 saturated carbocycles. The number of guanidine groups is 1. The van der Waals surface area contributed by atoms with Crippen LogP contribution in [0.25, 0.3) is 0 Å². The van der Waals surface area contributed by atoms with Gasteiger partial charge in [-0.3, -0.25) is 4.99 Å². The summed E-state index contributed by atoms with van der Waals surface area (Å²) in [6, 6.07) is 0. The van der Waals surface area contributed by atoms with Gasteiger partial charge in [0.15, 0.2) is 5.96 Å². The molecule has 0 bridgehead atoms. The molecule has 11 heteroatoms. The van der Waals surface area contributed by atoms with E-state index in [1.165, 1.54) is 0 Å². The maximum atomic E-state index is 12.6. The van der Waals surface area contributed by atoms with Gasteiger partial charge in [0.25, 0.3) is 10.0 Å². The Morgan fingerprint density at radius 1 is 1.31 bits per heavy atom. The normalized spacial score (nSPS) is 23.8. The van der Waals surface area contributed by atoms with E-state index in [1.54, 1.807) is 7.05 Å². The van der Waals surface area contributed by atoms with Gasteiger partial charge < -0.3 is 10.2 Å². The van der Waals surface area contributed by atoms with Crippen molar-refractivity contribution in [2.24, 2.45) is 10.9 Å². The summed E-state index contributed by atoms with van der Waals surface area (Å²) in [7, 11) is -2.67. The second kappa shape index (κ2) is 11.2. The molecule has 0 aromatic heterocycles. The van der Waals surface area contributed by atoms with Crippen LogP contribution in [0.15, 0.2) is 4.99 Å². The Balaban J connectivity index is 0.00000338. The quantitative estimate of drug-likeness (QED) is 0.339. The van der Waals surface area contributed by atoms with E-state index in [0.717, 1.165) is 35.5 Å². The Morgan fingerprint density at radius 3 is 2.50 bits per heavy atom. The van der Waals surface area contributed by atoms with Crippen LogP contribution in [-0.4, -0.2) is 80.1 Å². The fraction of sp³-hybridized carbons (Fsp3) is 0.933. The van der Waals surface area contributed by atoms with Gasteiger partial charge in [-0.2, -0.15) is 24.8 Å². The predicted octanol–water partition coefficient (Wildman–Crippen LogP) is 2.27. The Kier molecular flexibility index (Phi) is 10.4. The number of thioether (sulfide) groups is 1. The molecular formula is C15H29F2IN4O2S2. The molecule has 0 spiro atoms. The molecule has 0 aromatic carbocycles. The second-order valence-corrected chi connectivity index (χ2v) is 9.73. The lowest BCUT2D eigenvalue weighted by atomic mass is 9.98. The summed E-state index contributed by atoms with van der Waals surface area (Å²) >= 11 is 2.00. The van der Waals surface area contributed by atoms with Crippen molar-refractivity contribution in [3.63, 3.8) is 0 Å². The number of aliphatic imine (C=N–C) groups is 1. The van der Waals surface area contributed by atoms with Crippen molar-refractivity contribution in [2.75, 3.05) is 45.5 Å². The molecule has 0 aromatic rings. The fourth-order valence-corrected chi connectivity index (χ4v) is 5.33. The first kappa shape index (κ1) is 24.2. The minimum absolute atomic E-state index is 0. The summed E-state index contributed by atoms with van der Waals surface area (Å²) in [4.78, 5) is 6.62. The number of hydrogen-bond acceptors (Lipinski definition) is 4. The number of sulfonamides is 1. The Bertz CT molecular complexity index is 558. The van der Waals surface area contributed by atoms with Crippen LogP contribution in [0.5, 0.6) is 0 Å². The molecule has 2 rings (SSSR count). The first-order valence-corrected chi connectivity index (χ1v) is 11.3. The maximum absolute atomic E-state index is 12.6. The third kappa shape index (κ3) is 6.33. The van der Waals surface area contributed by atoms with E-state index in [0.29, 0.717) is 24.6 Å². The molecule has 0 amide bonds. The van der Waals surface area contributed by atoms with E-state index < -0.39 is 15.8 Å². The van der Waals surface area contributed by atoms with Gasteiger partial charge in [0.2, 0.25) is 0 Å². The molecule has 0 aliphatic carbocycles. The van der Waals surface area contributed by atoms with E-state index in [4.69, 9.17) is 0 Å². The van der Waals surface area contributed by atoms with Crippen molar-refractivity contribution >= 4 is 51.7 Å². The average molecular weight is 526 g/mol. The van der Waals surface area contributed by atoms with Gasteiger partial charge in [-0.05, 0) is 25.2 Å². The summed E-state index contributed by atoms with van der Waals surface area (Å²) in [6.45, 7) is 5.15. The highest BCUT2D eigenvalue weighted by Gasteiger charge is 2.34. The van der Waals surface area contributed by atoms with Gasteiger partial charge >= 0.3 is 5.76 Å². The molecular weight excluding hydrogens is 497 g/mol. The van der Waals surface area contributed by atoms with E-state index in [1.807, 2.05) is 11.8 Å². The molecule has 6 nitrogen and oxygen atoms in total. The van der Waals surface area contributed by atoms with Crippen LogP contribution in [0.2, 0.25) is 0 Å². The summed E-state index contributed by atoms with van der Waals surface area (Å²) in [5.74, 6) is -1.10. The molecule has 0 radical (unpaired) electrons. The highest BCUT2D eigenvalue weighted by molar-refractivity contribution is 14.0. The highest BCUT2D eigenvalue weighted by Crippen LogP contribution is 2.23. The molecule has 1 N–H and O–H groups in total. The zero-order valence-electron chi connectivity index (χ0n) is 15.2. The fourth-order valence-electron chi connectivity index (χ4n) is 3.21. The highest BCUT2D eigenvalue weighted by atomic mass is 127. The maximum Gasteiger partial charge on any atom is 0.350 e. The van der Waals surface area contributed by atoms with Crippen molar-refractivity contribution in [2.45, 2.75) is 37.2 Å². The van der Waals surface area contributed by atoms with Crippen molar-refractivity contribution in [3.05, 3.63) is 0 Å². The Hall–Kier alpha value is 0.120. The van der Waals surface area contributed by atoms with Crippen molar-refractivity contribution in [1.29, 1.82) is 0 Å². The SMILES string of the molecule is CCC1CN(C(=NC)NCC2CCN(S(=O)(=O)C(F)F)CC2)CCS1.I. The average Bonchev–Trinajstić information content (AvgIpc) is 2.62. The van der Waals surface area contributed by atoms with Crippen molar-refractivity contribution in [1.82, 2.24) is 14.5 Å². The first-order valence-electron chi connectivity index (χ1n) is 8.72. The van der Waals surface area contributed by atoms with Gasteiger partial charge in [-0.25, -0.2) is 8.42 Å². The smallest absolute Gasteiger partial charge is 0.350 e. The Labute approximate surface area is 176 Å². The molecule has 2 fully saturated rings. The van der Waals surface area contributed by atoms with E-state index in [-0.39, 0.29) is 43.0 Å². The molecule has 2 aliphatic heterocycles. The summed E-state index contributed by atoms with van der Waals surface area (Å²) in [6.07, 6.45) is 2.31. The molecule has 26 heavy (non-hydrogen) atoms. The van der Waals surface area contributed by atoms with Crippen LogP contribution < -0.4 is 5.32 Å². The lowest BCUT2D eigenvalue weighted by Gasteiger charge is -2.36. The summed E-state index contributed by atoms with van der Waals surface area (Å²) in [5.41, 5.74) is 0. The summed E-state index contributed by atoms with van der Waals surface area (Å²) < 4.78 is 49.1. The van der Waals surface area contributed by atoms with Crippen LogP contribution in [0.3, 0.4) is 0 Å². The minimum atomic E-state index is -4.44. The van der Waals surface area contributed by atoms with Gasteiger partial charge in [-0.1, -0.05) is 6.92 Å². The summed E-state index contributed by atoms with van der Waals surface area (Å²) in [5, 5.41) is 4.00.